The number of imide groups is 1. The molecule has 0 unspecified atom stereocenters. The monoisotopic (exact) mass is 276 g/mol. The lowest BCUT2D eigenvalue weighted by Gasteiger charge is -2.21. The van der Waals surface area contributed by atoms with E-state index >= 15 is 0 Å². The normalized spacial score (nSPS) is 21.5. The summed E-state index contributed by atoms with van der Waals surface area (Å²) in [6.07, 6.45) is 3.35. The standard InChI is InChI=1S/C15H20N2O3/c1-3-4-5-10-20-12-8-6-11(7-9-12)15(2)13(18)16-14(19)17-15/h6-9H,3-5,10H2,1-2H3,(H2,16,17,18,19)/t15-/m0/s1. The van der Waals surface area contributed by atoms with Crippen LogP contribution in [-0.4, -0.2) is 18.5 Å². The van der Waals surface area contributed by atoms with E-state index in [9.17, 15) is 9.59 Å². The predicted molar refractivity (Wildman–Crippen MR) is 75.5 cm³/mol. The maximum Gasteiger partial charge on any atom is 0.322 e. The van der Waals surface area contributed by atoms with Crippen molar-refractivity contribution in [3.05, 3.63) is 29.8 Å². The molecule has 0 aliphatic carbocycles. The first-order valence-electron chi connectivity index (χ1n) is 6.93. The number of amides is 3. The van der Waals surface area contributed by atoms with E-state index in [1.165, 1.54) is 0 Å². The average molecular weight is 276 g/mol. The van der Waals surface area contributed by atoms with Crippen molar-refractivity contribution in [3.63, 3.8) is 0 Å². The van der Waals surface area contributed by atoms with E-state index in [0.29, 0.717) is 6.61 Å². The zero-order valence-electron chi connectivity index (χ0n) is 11.9. The third kappa shape index (κ3) is 2.92. The van der Waals surface area contributed by atoms with Crippen molar-refractivity contribution < 1.29 is 14.3 Å². The quantitative estimate of drug-likeness (QED) is 0.619. The second-order valence-electron chi connectivity index (χ2n) is 5.11. The fourth-order valence-electron chi connectivity index (χ4n) is 2.17. The number of rotatable bonds is 6. The van der Waals surface area contributed by atoms with E-state index in [2.05, 4.69) is 17.6 Å². The summed E-state index contributed by atoms with van der Waals surface area (Å²) in [5, 5.41) is 4.88. The highest BCUT2D eigenvalue weighted by Gasteiger charge is 2.43. The van der Waals surface area contributed by atoms with Gasteiger partial charge in [0.15, 0.2) is 0 Å². The summed E-state index contributed by atoms with van der Waals surface area (Å²) in [6.45, 7) is 4.53. The van der Waals surface area contributed by atoms with Gasteiger partial charge in [0.2, 0.25) is 0 Å². The van der Waals surface area contributed by atoms with Gasteiger partial charge >= 0.3 is 6.03 Å². The van der Waals surface area contributed by atoms with Crippen LogP contribution in [0.15, 0.2) is 24.3 Å². The number of unbranched alkanes of at least 4 members (excludes halogenated alkanes) is 2. The lowest BCUT2D eigenvalue weighted by atomic mass is 9.92. The Balaban J connectivity index is 2.01. The van der Waals surface area contributed by atoms with E-state index in [1.54, 1.807) is 19.1 Å². The molecule has 1 heterocycles. The molecule has 5 nitrogen and oxygen atoms in total. The molecule has 20 heavy (non-hydrogen) atoms. The molecule has 1 fully saturated rings. The fourth-order valence-corrected chi connectivity index (χ4v) is 2.17. The van der Waals surface area contributed by atoms with E-state index in [-0.39, 0.29) is 5.91 Å². The Hall–Kier alpha value is -2.04. The fraction of sp³-hybridized carbons (Fsp3) is 0.467. The second-order valence-corrected chi connectivity index (χ2v) is 5.11. The van der Waals surface area contributed by atoms with E-state index < -0.39 is 11.6 Å². The van der Waals surface area contributed by atoms with Gasteiger partial charge in [-0.1, -0.05) is 31.9 Å². The predicted octanol–water partition coefficient (Wildman–Crippen LogP) is 2.31. The Morgan fingerprint density at radius 2 is 1.85 bits per heavy atom. The second kappa shape index (κ2) is 5.94. The maximum absolute atomic E-state index is 11.8. The summed E-state index contributed by atoms with van der Waals surface area (Å²) in [7, 11) is 0. The topological polar surface area (TPSA) is 67.4 Å². The molecule has 0 aromatic heterocycles. The molecule has 1 aromatic carbocycles. The zero-order chi connectivity index (χ0) is 14.6. The number of urea groups is 1. The van der Waals surface area contributed by atoms with Gasteiger partial charge in [-0.15, -0.1) is 0 Å². The molecule has 1 aliphatic rings. The maximum atomic E-state index is 11.8. The molecule has 1 atom stereocenters. The van der Waals surface area contributed by atoms with Gasteiger partial charge in [-0.05, 0) is 31.0 Å². The molecular formula is C15H20N2O3. The lowest BCUT2D eigenvalue weighted by molar-refractivity contribution is -0.123. The van der Waals surface area contributed by atoms with Crippen molar-refractivity contribution in [2.45, 2.75) is 38.6 Å². The van der Waals surface area contributed by atoms with Gasteiger partial charge in [0.05, 0.1) is 6.61 Å². The Morgan fingerprint density at radius 3 is 2.40 bits per heavy atom. The smallest absolute Gasteiger partial charge is 0.322 e. The van der Waals surface area contributed by atoms with Crippen molar-refractivity contribution >= 4 is 11.9 Å². The third-order valence-corrected chi connectivity index (χ3v) is 3.49. The van der Waals surface area contributed by atoms with Crippen LogP contribution in [0, 0.1) is 0 Å². The molecule has 2 N–H and O–H groups in total. The number of carbonyl (C=O) groups excluding carboxylic acids is 2. The molecular weight excluding hydrogens is 256 g/mol. The SMILES string of the molecule is CCCCCOc1ccc([C@]2(C)NC(=O)NC2=O)cc1. The van der Waals surface area contributed by atoms with Crippen LogP contribution in [-0.2, 0) is 10.3 Å². The molecule has 3 amide bonds. The summed E-state index contributed by atoms with van der Waals surface area (Å²) in [4.78, 5) is 23.1. The van der Waals surface area contributed by atoms with Gasteiger partial charge in [-0.25, -0.2) is 4.79 Å². The van der Waals surface area contributed by atoms with Crippen LogP contribution in [0.1, 0.15) is 38.7 Å². The number of carbonyl (C=O) groups is 2. The molecule has 0 radical (unpaired) electrons. The molecule has 1 saturated heterocycles. The summed E-state index contributed by atoms with van der Waals surface area (Å²) in [5.41, 5.74) is -0.264. The lowest BCUT2D eigenvalue weighted by Crippen LogP contribution is -2.40. The Bertz CT molecular complexity index is 498. The number of hydrogen-bond acceptors (Lipinski definition) is 3. The highest BCUT2D eigenvalue weighted by Crippen LogP contribution is 2.26. The molecule has 0 saturated carbocycles. The molecule has 5 heteroatoms. The van der Waals surface area contributed by atoms with Crippen molar-refractivity contribution in [2.24, 2.45) is 0 Å². The van der Waals surface area contributed by atoms with Gasteiger partial charge in [0.1, 0.15) is 11.3 Å². The molecule has 1 aliphatic heterocycles. The molecule has 108 valence electrons. The Morgan fingerprint density at radius 1 is 1.15 bits per heavy atom. The average Bonchev–Trinajstić information content (AvgIpc) is 2.70. The van der Waals surface area contributed by atoms with Gasteiger partial charge in [0, 0.05) is 0 Å². The van der Waals surface area contributed by atoms with Gasteiger partial charge in [0.25, 0.3) is 5.91 Å². The minimum absolute atomic E-state index is 0.334. The largest absolute Gasteiger partial charge is 0.494 e. The highest BCUT2D eigenvalue weighted by atomic mass is 16.5. The first-order chi connectivity index (χ1) is 9.56. The Labute approximate surface area is 118 Å². The first kappa shape index (κ1) is 14.4. The van der Waals surface area contributed by atoms with Crippen LogP contribution >= 0.6 is 0 Å². The van der Waals surface area contributed by atoms with Crippen LogP contribution in [0.2, 0.25) is 0 Å². The molecule has 0 bridgehead atoms. The highest BCUT2D eigenvalue weighted by molar-refractivity contribution is 6.07. The number of ether oxygens (including phenoxy) is 1. The number of benzene rings is 1. The minimum atomic E-state index is -1.00. The van der Waals surface area contributed by atoms with Gasteiger partial charge in [-0.3, -0.25) is 10.1 Å². The molecule has 0 spiro atoms. The first-order valence-corrected chi connectivity index (χ1v) is 6.93. The Kier molecular flexibility index (Phi) is 4.27. The zero-order valence-corrected chi connectivity index (χ0v) is 11.9. The summed E-state index contributed by atoms with van der Waals surface area (Å²) in [6, 6.07) is 6.80. The van der Waals surface area contributed by atoms with Crippen LogP contribution in [0.25, 0.3) is 0 Å². The minimum Gasteiger partial charge on any atom is -0.494 e. The summed E-state index contributed by atoms with van der Waals surface area (Å²) >= 11 is 0. The molecule has 2 rings (SSSR count). The van der Waals surface area contributed by atoms with Crippen LogP contribution < -0.4 is 15.4 Å². The number of nitrogens with one attached hydrogen (secondary N) is 2. The van der Waals surface area contributed by atoms with Crippen LogP contribution in [0.3, 0.4) is 0 Å². The van der Waals surface area contributed by atoms with Crippen molar-refractivity contribution in [1.82, 2.24) is 10.6 Å². The van der Waals surface area contributed by atoms with Crippen LogP contribution in [0.4, 0.5) is 4.79 Å². The van der Waals surface area contributed by atoms with Gasteiger partial charge in [-0.2, -0.15) is 0 Å². The van der Waals surface area contributed by atoms with Crippen molar-refractivity contribution in [2.75, 3.05) is 6.61 Å². The van der Waals surface area contributed by atoms with Crippen molar-refractivity contribution in [1.29, 1.82) is 0 Å². The van der Waals surface area contributed by atoms with E-state index in [4.69, 9.17) is 4.74 Å². The van der Waals surface area contributed by atoms with E-state index in [1.807, 2.05) is 12.1 Å². The number of hydrogen-bond donors (Lipinski definition) is 2. The van der Waals surface area contributed by atoms with Gasteiger partial charge < -0.3 is 10.1 Å². The summed E-state index contributed by atoms with van der Waals surface area (Å²) < 4.78 is 5.62. The van der Waals surface area contributed by atoms with Crippen molar-refractivity contribution in [3.8, 4) is 5.75 Å². The summed E-state index contributed by atoms with van der Waals surface area (Å²) in [5.74, 6) is 0.442. The van der Waals surface area contributed by atoms with Crippen LogP contribution in [0.5, 0.6) is 5.75 Å². The molecule has 1 aromatic rings. The van der Waals surface area contributed by atoms with E-state index in [0.717, 1.165) is 30.6 Å². The third-order valence-electron chi connectivity index (χ3n) is 3.49.